The van der Waals surface area contributed by atoms with Gasteiger partial charge in [0.15, 0.2) is 0 Å². The van der Waals surface area contributed by atoms with Crippen LogP contribution in [0.15, 0.2) is 0 Å². The number of amides is 1. The van der Waals surface area contributed by atoms with Crippen molar-refractivity contribution in [2.45, 2.75) is 13.0 Å². The lowest BCUT2D eigenvalue weighted by molar-refractivity contribution is -0.140. The number of ether oxygens (including phenoxy) is 2. The van der Waals surface area contributed by atoms with Crippen molar-refractivity contribution in [1.82, 2.24) is 5.32 Å². The SMILES string of the molecule is COC(=O)NC(C(=O)O)[C@H]1[C@@H]2COC[C@@]21C. The Kier molecular flexibility index (Phi) is 2.53. The first-order chi connectivity index (χ1) is 7.50. The highest BCUT2D eigenvalue weighted by Crippen LogP contribution is 2.63. The Morgan fingerprint density at radius 3 is 2.75 bits per heavy atom. The fraction of sp³-hybridized carbons (Fsp3) is 0.800. The van der Waals surface area contributed by atoms with Crippen LogP contribution in [0.1, 0.15) is 6.92 Å². The molecule has 1 aliphatic heterocycles. The van der Waals surface area contributed by atoms with E-state index in [1.807, 2.05) is 6.92 Å². The summed E-state index contributed by atoms with van der Waals surface area (Å²) in [6, 6.07) is -0.883. The summed E-state index contributed by atoms with van der Waals surface area (Å²) in [5.41, 5.74) is -0.107. The lowest BCUT2D eigenvalue weighted by Gasteiger charge is -2.17. The molecule has 1 heterocycles. The van der Waals surface area contributed by atoms with Gasteiger partial charge in [0.25, 0.3) is 0 Å². The Bertz CT molecular complexity index is 331. The molecule has 2 fully saturated rings. The van der Waals surface area contributed by atoms with E-state index in [2.05, 4.69) is 10.1 Å². The Hall–Kier alpha value is -1.30. The highest BCUT2D eigenvalue weighted by Gasteiger charge is 2.68. The van der Waals surface area contributed by atoms with Gasteiger partial charge in [0.2, 0.25) is 0 Å². The molecule has 90 valence electrons. The Labute approximate surface area is 92.9 Å². The smallest absolute Gasteiger partial charge is 0.407 e. The highest BCUT2D eigenvalue weighted by atomic mass is 16.5. The number of rotatable bonds is 3. The molecular weight excluding hydrogens is 214 g/mol. The monoisotopic (exact) mass is 229 g/mol. The number of methoxy groups -OCH3 is 1. The van der Waals surface area contributed by atoms with Gasteiger partial charge in [-0.25, -0.2) is 9.59 Å². The summed E-state index contributed by atoms with van der Waals surface area (Å²) in [5, 5.41) is 11.5. The van der Waals surface area contributed by atoms with E-state index >= 15 is 0 Å². The van der Waals surface area contributed by atoms with Gasteiger partial charge in [-0.2, -0.15) is 0 Å². The molecule has 6 nitrogen and oxygen atoms in total. The molecule has 1 aliphatic carbocycles. The summed E-state index contributed by atoms with van der Waals surface area (Å²) >= 11 is 0. The highest BCUT2D eigenvalue weighted by molar-refractivity contribution is 5.81. The summed E-state index contributed by atoms with van der Waals surface area (Å²) in [6.07, 6.45) is -0.707. The first kappa shape index (κ1) is 11.2. The first-order valence-electron chi connectivity index (χ1n) is 5.15. The van der Waals surface area contributed by atoms with Crippen LogP contribution in [0.5, 0.6) is 0 Å². The molecule has 0 bridgehead atoms. The van der Waals surface area contributed by atoms with Crippen molar-refractivity contribution < 1.29 is 24.2 Å². The van der Waals surface area contributed by atoms with E-state index in [9.17, 15) is 9.59 Å². The van der Waals surface area contributed by atoms with Gasteiger partial charge in [-0.15, -0.1) is 0 Å². The molecule has 0 spiro atoms. The van der Waals surface area contributed by atoms with Crippen LogP contribution in [-0.2, 0) is 14.3 Å². The lowest BCUT2D eigenvalue weighted by Crippen LogP contribution is -2.44. The van der Waals surface area contributed by atoms with Crippen molar-refractivity contribution in [2.75, 3.05) is 20.3 Å². The van der Waals surface area contributed by atoms with Gasteiger partial charge in [-0.05, 0) is 5.92 Å². The Balaban J connectivity index is 2.05. The van der Waals surface area contributed by atoms with E-state index in [0.717, 1.165) is 0 Å². The van der Waals surface area contributed by atoms with Gasteiger partial charge < -0.3 is 19.9 Å². The predicted molar refractivity (Wildman–Crippen MR) is 52.9 cm³/mol. The van der Waals surface area contributed by atoms with Crippen molar-refractivity contribution in [1.29, 1.82) is 0 Å². The van der Waals surface area contributed by atoms with E-state index in [4.69, 9.17) is 9.84 Å². The number of aliphatic carboxylic acids is 1. The standard InChI is InChI=1S/C10H15NO5/c1-10-4-16-3-5(10)6(10)7(8(12)13)11-9(14)15-2/h5-7H,3-4H2,1-2H3,(H,11,14)(H,12,13)/t5-,6+,7?,10-/m0/s1. The van der Waals surface area contributed by atoms with Crippen molar-refractivity contribution >= 4 is 12.1 Å². The van der Waals surface area contributed by atoms with E-state index in [-0.39, 0.29) is 17.3 Å². The van der Waals surface area contributed by atoms with E-state index in [1.165, 1.54) is 7.11 Å². The minimum atomic E-state index is -1.02. The van der Waals surface area contributed by atoms with Gasteiger partial charge >= 0.3 is 12.1 Å². The molecule has 0 aromatic heterocycles. The van der Waals surface area contributed by atoms with Gasteiger partial charge in [0.05, 0.1) is 20.3 Å². The normalized spacial score (nSPS) is 37.4. The number of hydrogen-bond donors (Lipinski definition) is 2. The number of alkyl carbamates (subject to hydrolysis) is 1. The molecule has 0 aromatic carbocycles. The molecule has 1 unspecified atom stereocenters. The number of carbonyl (C=O) groups is 2. The summed E-state index contributed by atoms with van der Waals surface area (Å²) in [5.74, 6) is -0.852. The fourth-order valence-corrected chi connectivity index (χ4v) is 2.71. The van der Waals surface area contributed by atoms with Crippen LogP contribution < -0.4 is 5.32 Å². The Morgan fingerprint density at radius 2 is 2.31 bits per heavy atom. The predicted octanol–water partition coefficient (Wildman–Crippen LogP) is 0.0781. The number of fused-ring (bicyclic) bond motifs is 1. The Morgan fingerprint density at radius 1 is 1.62 bits per heavy atom. The zero-order chi connectivity index (χ0) is 11.9. The average Bonchev–Trinajstić information content (AvgIpc) is 2.61. The maximum Gasteiger partial charge on any atom is 0.407 e. The molecule has 2 aliphatic rings. The second-order valence-electron chi connectivity index (χ2n) is 4.61. The van der Waals surface area contributed by atoms with Crippen LogP contribution in [0.2, 0.25) is 0 Å². The second kappa shape index (κ2) is 3.62. The largest absolute Gasteiger partial charge is 0.480 e. The molecule has 1 saturated heterocycles. The molecule has 6 heteroatoms. The van der Waals surface area contributed by atoms with Crippen LogP contribution in [0.4, 0.5) is 4.79 Å². The van der Waals surface area contributed by atoms with Gasteiger partial charge in [-0.3, -0.25) is 0 Å². The summed E-state index contributed by atoms with van der Waals surface area (Å²) < 4.78 is 9.68. The number of nitrogens with one attached hydrogen (secondary N) is 1. The van der Waals surface area contributed by atoms with E-state index in [1.54, 1.807) is 0 Å². The third kappa shape index (κ3) is 1.53. The molecule has 2 N–H and O–H groups in total. The molecular formula is C10H15NO5. The quantitative estimate of drug-likeness (QED) is 0.715. The maximum absolute atomic E-state index is 11.1. The lowest BCUT2D eigenvalue weighted by atomic mass is 10.0. The topological polar surface area (TPSA) is 84.9 Å². The molecule has 4 atom stereocenters. The second-order valence-corrected chi connectivity index (χ2v) is 4.61. The van der Waals surface area contributed by atoms with Crippen molar-refractivity contribution in [3.63, 3.8) is 0 Å². The average molecular weight is 229 g/mol. The van der Waals surface area contributed by atoms with Crippen LogP contribution in [0, 0.1) is 17.3 Å². The zero-order valence-electron chi connectivity index (χ0n) is 9.23. The van der Waals surface area contributed by atoms with Crippen molar-refractivity contribution in [3.8, 4) is 0 Å². The van der Waals surface area contributed by atoms with E-state index < -0.39 is 18.1 Å². The van der Waals surface area contributed by atoms with E-state index in [0.29, 0.717) is 13.2 Å². The first-order valence-corrected chi connectivity index (χ1v) is 5.15. The molecule has 16 heavy (non-hydrogen) atoms. The maximum atomic E-state index is 11.1. The minimum absolute atomic E-state index is 0.0575. The molecule has 0 aromatic rings. The summed E-state index contributed by atoms with van der Waals surface area (Å²) in [4.78, 5) is 22.1. The van der Waals surface area contributed by atoms with Crippen LogP contribution in [-0.4, -0.2) is 43.5 Å². The molecule has 1 amide bonds. The summed E-state index contributed by atoms with van der Waals surface area (Å²) in [6.45, 7) is 3.13. The summed E-state index contributed by atoms with van der Waals surface area (Å²) in [7, 11) is 1.22. The van der Waals surface area contributed by atoms with Gasteiger partial charge in [0, 0.05) is 11.3 Å². The van der Waals surface area contributed by atoms with Crippen LogP contribution in [0.25, 0.3) is 0 Å². The molecule has 1 saturated carbocycles. The van der Waals surface area contributed by atoms with Crippen LogP contribution in [0.3, 0.4) is 0 Å². The number of carbonyl (C=O) groups excluding carboxylic acids is 1. The third-order valence-electron chi connectivity index (χ3n) is 3.73. The zero-order valence-corrected chi connectivity index (χ0v) is 9.23. The van der Waals surface area contributed by atoms with Gasteiger partial charge in [-0.1, -0.05) is 6.92 Å². The van der Waals surface area contributed by atoms with Crippen molar-refractivity contribution in [3.05, 3.63) is 0 Å². The van der Waals surface area contributed by atoms with Gasteiger partial charge in [0.1, 0.15) is 6.04 Å². The number of hydrogen-bond acceptors (Lipinski definition) is 4. The van der Waals surface area contributed by atoms with Crippen molar-refractivity contribution in [2.24, 2.45) is 17.3 Å². The fourth-order valence-electron chi connectivity index (χ4n) is 2.71. The van der Waals surface area contributed by atoms with Crippen LogP contribution >= 0.6 is 0 Å². The minimum Gasteiger partial charge on any atom is -0.480 e. The number of carboxylic acids is 1. The molecule has 0 radical (unpaired) electrons. The third-order valence-corrected chi connectivity index (χ3v) is 3.73. The number of carboxylic acid groups (broad SMARTS) is 1. The molecule has 2 rings (SSSR count).